The van der Waals surface area contributed by atoms with E-state index >= 15 is 0 Å². The van der Waals surface area contributed by atoms with Crippen molar-refractivity contribution in [3.8, 4) is 5.75 Å². The lowest BCUT2D eigenvalue weighted by Crippen LogP contribution is -2.22. The summed E-state index contributed by atoms with van der Waals surface area (Å²) >= 11 is 6.36. The maximum atomic E-state index is 12.6. The van der Waals surface area contributed by atoms with Crippen LogP contribution in [-0.4, -0.2) is 21.9 Å². The number of H-pyrrole nitrogens is 1. The third kappa shape index (κ3) is 1.98. The molecule has 0 saturated carbocycles. The number of carbonyl (C=O) groups excluding carboxylic acids is 2. The highest BCUT2D eigenvalue weighted by Crippen LogP contribution is 2.49. The fourth-order valence-electron chi connectivity index (χ4n) is 4.05. The van der Waals surface area contributed by atoms with E-state index in [1.807, 2.05) is 24.3 Å². The van der Waals surface area contributed by atoms with Gasteiger partial charge in [0.2, 0.25) is 11.8 Å². The van der Waals surface area contributed by atoms with Gasteiger partial charge in [0.15, 0.2) is 0 Å². The number of aromatic hydroxyl groups is 1. The molecule has 2 aromatic carbocycles. The third-order valence-corrected chi connectivity index (χ3v) is 5.46. The molecule has 26 heavy (non-hydrogen) atoms. The number of fused-ring (bicyclic) bond motifs is 5. The highest BCUT2D eigenvalue weighted by molar-refractivity contribution is 6.33. The maximum absolute atomic E-state index is 12.6. The Bertz CT molecular complexity index is 1150. The number of nitrogens with one attached hydrogen (secondary N) is 2. The zero-order valence-corrected chi connectivity index (χ0v) is 14.2. The van der Waals surface area contributed by atoms with E-state index in [2.05, 4.69) is 10.3 Å². The Kier molecular flexibility index (Phi) is 3.06. The van der Waals surface area contributed by atoms with Gasteiger partial charge in [-0.3, -0.25) is 14.9 Å². The van der Waals surface area contributed by atoms with E-state index in [1.54, 1.807) is 24.3 Å². The summed E-state index contributed by atoms with van der Waals surface area (Å²) in [6.45, 7) is 0. The zero-order chi connectivity index (χ0) is 18.0. The standard InChI is InChI=1S/C20H13ClN2O3/c21-13-4-2-1-3-10(13)11-8-15-16(18-17(11)19(25)23-20(18)26)12-7-9(24)5-6-14(12)22-15/h1-8,17-18,22,24H,(H,23,25,26). The molecule has 2 heterocycles. The summed E-state index contributed by atoms with van der Waals surface area (Å²) in [4.78, 5) is 28.5. The van der Waals surface area contributed by atoms with Gasteiger partial charge in [-0.2, -0.15) is 0 Å². The van der Waals surface area contributed by atoms with Crippen molar-refractivity contribution in [2.75, 3.05) is 0 Å². The lowest BCUT2D eigenvalue weighted by Gasteiger charge is -2.25. The highest BCUT2D eigenvalue weighted by atomic mass is 35.5. The van der Waals surface area contributed by atoms with Crippen LogP contribution in [-0.2, 0) is 9.59 Å². The molecule has 1 fully saturated rings. The molecule has 1 saturated heterocycles. The fraction of sp³-hybridized carbons (Fsp3) is 0.100. The number of phenols is 1. The van der Waals surface area contributed by atoms with Crippen LogP contribution < -0.4 is 5.32 Å². The molecule has 128 valence electrons. The molecule has 5 nitrogen and oxygen atoms in total. The van der Waals surface area contributed by atoms with Crippen LogP contribution >= 0.6 is 11.6 Å². The van der Waals surface area contributed by atoms with Crippen molar-refractivity contribution in [1.82, 2.24) is 10.3 Å². The lowest BCUT2D eigenvalue weighted by molar-refractivity contribution is -0.125. The van der Waals surface area contributed by atoms with Crippen LogP contribution in [0.4, 0.5) is 0 Å². The molecule has 0 radical (unpaired) electrons. The molecule has 6 heteroatoms. The fourth-order valence-corrected chi connectivity index (χ4v) is 4.30. The third-order valence-electron chi connectivity index (χ3n) is 5.13. The van der Waals surface area contributed by atoms with Crippen molar-refractivity contribution < 1.29 is 14.7 Å². The summed E-state index contributed by atoms with van der Waals surface area (Å²) in [6.07, 6.45) is 1.88. The monoisotopic (exact) mass is 364 g/mol. The smallest absolute Gasteiger partial charge is 0.235 e. The topological polar surface area (TPSA) is 82.2 Å². The maximum Gasteiger partial charge on any atom is 0.235 e. The van der Waals surface area contributed by atoms with E-state index in [0.29, 0.717) is 10.6 Å². The molecule has 3 aromatic rings. The minimum atomic E-state index is -0.649. The van der Waals surface area contributed by atoms with Gasteiger partial charge in [0.25, 0.3) is 0 Å². The van der Waals surface area contributed by atoms with E-state index in [-0.39, 0.29) is 17.6 Å². The molecule has 0 spiro atoms. The second-order valence-electron chi connectivity index (χ2n) is 6.57. The molecule has 2 unspecified atom stereocenters. The number of halogens is 1. The molecule has 1 aromatic heterocycles. The van der Waals surface area contributed by atoms with Crippen molar-refractivity contribution in [3.63, 3.8) is 0 Å². The molecular weight excluding hydrogens is 352 g/mol. The second-order valence-corrected chi connectivity index (χ2v) is 6.98. The quantitative estimate of drug-likeness (QED) is 0.578. The van der Waals surface area contributed by atoms with Gasteiger partial charge in [0.1, 0.15) is 5.75 Å². The Morgan fingerprint density at radius 2 is 1.77 bits per heavy atom. The van der Waals surface area contributed by atoms with Crippen LogP contribution in [0.2, 0.25) is 5.02 Å². The number of aromatic nitrogens is 1. The molecule has 2 atom stereocenters. The molecule has 3 N–H and O–H groups in total. The summed E-state index contributed by atoms with van der Waals surface area (Å²) in [5.74, 6) is -1.84. The van der Waals surface area contributed by atoms with Crippen molar-refractivity contribution in [2.45, 2.75) is 5.92 Å². The van der Waals surface area contributed by atoms with Gasteiger partial charge in [0, 0.05) is 21.6 Å². The van der Waals surface area contributed by atoms with Crippen LogP contribution in [0.5, 0.6) is 5.75 Å². The normalized spacial score (nSPS) is 21.3. The van der Waals surface area contributed by atoms with Crippen molar-refractivity contribution >= 4 is 46.0 Å². The number of amides is 2. The number of imide groups is 1. The molecule has 2 amide bonds. The Morgan fingerprint density at radius 3 is 2.58 bits per heavy atom. The van der Waals surface area contributed by atoms with Crippen molar-refractivity contribution in [3.05, 3.63) is 64.3 Å². The number of rotatable bonds is 1. The largest absolute Gasteiger partial charge is 0.508 e. The van der Waals surface area contributed by atoms with Gasteiger partial charge < -0.3 is 10.1 Å². The second kappa shape index (κ2) is 5.22. The average molecular weight is 365 g/mol. The first kappa shape index (κ1) is 15.2. The van der Waals surface area contributed by atoms with Gasteiger partial charge in [-0.25, -0.2) is 0 Å². The van der Waals surface area contributed by atoms with Gasteiger partial charge >= 0.3 is 0 Å². The molecule has 0 bridgehead atoms. The minimum Gasteiger partial charge on any atom is -0.508 e. The first-order valence-electron chi connectivity index (χ1n) is 8.20. The first-order valence-corrected chi connectivity index (χ1v) is 8.58. The van der Waals surface area contributed by atoms with E-state index in [1.165, 1.54) is 0 Å². The predicted octanol–water partition coefficient (Wildman–Crippen LogP) is 3.44. The average Bonchev–Trinajstić information content (AvgIpc) is 3.11. The SMILES string of the molecule is O=C1NC(=O)C2c3c([nH]c4ccc(O)cc34)C=C(c3ccccc3Cl)C12. The Labute approximate surface area is 153 Å². The number of phenolic OH excluding ortho intramolecular Hbond substituents is 1. The number of carbonyl (C=O) groups is 2. The van der Waals surface area contributed by atoms with Gasteiger partial charge in [-0.1, -0.05) is 29.8 Å². The number of benzene rings is 2. The highest BCUT2D eigenvalue weighted by Gasteiger charge is 2.49. The molecule has 1 aliphatic carbocycles. The van der Waals surface area contributed by atoms with Gasteiger partial charge in [0.05, 0.1) is 11.8 Å². The molecule has 1 aliphatic heterocycles. The van der Waals surface area contributed by atoms with Crippen molar-refractivity contribution in [1.29, 1.82) is 0 Å². The van der Waals surface area contributed by atoms with E-state index in [0.717, 1.165) is 27.7 Å². The summed E-state index contributed by atoms with van der Waals surface area (Å²) < 4.78 is 0. The summed E-state index contributed by atoms with van der Waals surface area (Å²) in [6, 6.07) is 12.2. The summed E-state index contributed by atoms with van der Waals surface area (Å²) in [5, 5.41) is 13.6. The minimum absolute atomic E-state index is 0.112. The van der Waals surface area contributed by atoms with Gasteiger partial charge in [-0.15, -0.1) is 0 Å². The van der Waals surface area contributed by atoms with Crippen LogP contribution in [0.3, 0.4) is 0 Å². The van der Waals surface area contributed by atoms with Crippen LogP contribution in [0, 0.1) is 5.92 Å². The predicted molar refractivity (Wildman–Crippen MR) is 98.7 cm³/mol. The molecule has 2 aliphatic rings. The van der Waals surface area contributed by atoms with Crippen LogP contribution in [0.1, 0.15) is 22.7 Å². The van der Waals surface area contributed by atoms with Gasteiger partial charge in [-0.05, 0) is 47.0 Å². The van der Waals surface area contributed by atoms with Crippen LogP contribution in [0.25, 0.3) is 22.6 Å². The summed E-state index contributed by atoms with van der Waals surface area (Å²) in [5.41, 5.74) is 3.75. The van der Waals surface area contributed by atoms with E-state index in [9.17, 15) is 14.7 Å². The molecular formula is C20H13ClN2O3. The van der Waals surface area contributed by atoms with Crippen molar-refractivity contribution in [2.24, 2.45) is 5.92 Å². The summed E-state index contributed by atoms with van der Waals surface area (Å²) in [7, 11) is 0. The first-order chi connectivity index (χ1) is 12.5. The number of aromatic amines is 1. The zero-order valence-electron chi connectivity index (χ0n) is 13.4. The molecule has 5 rings (SSSR count). The van der Waals surface area contributed by atoms with Crippen LogP contribution in [0.15, 0.2) is 42.5 Å². The van der Waals surface area contributed by atoms with E-state index < -0.39 is 11.8 Å². The number of hydrogen-bond donors (Lipinski definition) is 3. The van der Waals surface area contributed by atoms with E-state index in [4.69, 9.17) is 11.6 Å². The Morgan fingerprint density at radius 1 is 1.00 bits per heavy atom. The Balaban J connectivity index is 1.84. The number of hydrogen-bond acceptors (Lipinski definition) is 3. The Hall–Kier alpha value is -3.05. The lowest BCUT2D eigenvalue weighted by atomic mass is 9.75.